The highest BCUT2D eigenvalue weighted by Crippen LogP contribution is 2.26. The van der Waals surface area contributed by atoms with Crippen LogP contribution in [0.2, 0.25) is 0 Å². The zero-order chi connectivity index (χ0) is 13.8. The molecular formula is C15H18N4O. The molecular weight excluding hydrogens is 252 g/mol. The van der Waals surface area contributed by atoms with Gasteiger partial charge in [-0.05, 0) is 30.5 Å². The first-order valence-electron chi connectivity index (χ1n) is 7.03. The number of amides is 1. The predicted octanol–water partition coefficient (Wildman–Crippen LogP) is 2.46. The van der Waals surface area contributed by atoms with Gasteiger partial charge in [-0.2, -0.15) is 5.10 Å². The van der Waals surface area contributed by atoms with Crippen molar-refractivity contribution in [1.29, 1.82) is 0 Å². The summed E-state index contributed by atoms with van der Waals surface area (Å²) in [5.74, 6) is 0.358. The number of benzene rings is 1. The standard InChI is InChI=1S/C15H18N4O/c20-15(13-3-1-2-4-13)18-14-7-5-12(6-8-14)9-19-11-16-10-17-19/h5-8,10-11,13H,1-4,9H2,(H,18,20). The number of hydrogen-bond donors (Lipinski definition) is 1. The maximum absolute atomic E-state index is 12.0. The molecule has 0 atom stereocenters. The van der Waals surface area contributed by atoms with Gasteiger partial charge in [0.15, 0.2) is 0 Å². The van der Waals surface area contributed by atoms with E-state index in [1.165, 1.54) is 19.2 Å². The fourth-order valence-corrected chi connectivity index (χ4v) is 2.63. The maximum Gasteiger partial charge on any atom is 0.227 e. The molecule has 1 fully saturated rings. The molecule has 1 heterocycles. The lowest BCUT2D eigenvalue weighted by atomic mass is 10.1. The molecule has 0 unspecified atom stereocenters. The molecule has 5 nitrogen and oxygen atoms in total. The molecule has 5 heteroatoms. The molecule has 1 aromatic heterocycles. The van der Waals surface area contributed by atoms with E-state index in [4.69, 9.17) is 0 Å². The van der Waals surface area contributed by atoms with Crippen LogP contribution in [-0.2, 0) is 11.3 Å². The van der Waals surface area contributed by atoms with E-state index in [0.29, 0.717) is 6.54 Å². The Morgan fingerprint density at radius 1 is 1.25 bits per heavy atom. The fraction of sp³-hybridized carbons (Fsp3) is 0.400. The van der Waals surface area contributed by atoms with Crippen LogP contribution in [-0.4, -0.2) is 20.7 Å². The van der Waals surface area contributed by atoms with Gasteiger partial charge < -0.3 is 5.32 Å². The second kappa shape index (κ2) is 5.86. The molecule has 20 heavy (non-hydrogen) atoms. The van der Waals surface area contributed by atoms with Gasteiger partial charge in [-0.25, -0.2) is 9.67 Å². The summed E-state index contributed by atoms with van der Waals surface area (Å²) in [5, 5.41) is 7.07. The second-order valence-corrected chi connectivity index (χ2v) is 5.26. The van der Waals surface area contributed by atoms with Crippen molar-refractivity contribution in [3.8, 4) is 0 Å². The van der Waals surface area contributed by atoms with Gasteiger partial charge in [0, 0.05) is 11.6 Å². The molecule has 1 aliphatic carbocycles. The van der Waals surface area contributed by atoms with Crippen LogP contribution in [0.4, 0.5) is 5.69 Å². The van der Waals surface area contributed by atoms with Gasteiger partial charge in [-0.15, -0.1) is 0 Å². The van der Waals surface area contributed by atoms with E-state index in [1.54, 1.807) is 11.0 Å². The highest BCUT2D eigenvalue weighted by Gasteiger charge is 2.22. The van der Waals surface area contributed by atoms with E-state index in [9.17, 15) is 4.79 Å². The smallest absolute Gasteiger partial charge is 0.227 e. The van der Waals surface area contributed by atoms with Crippen LogP contribution < -0.4 is 5.32 Å². The molecule has 0 radical (unpaired) electrons. The lowest BCUT2D eigenvalue weighted by Gasteiger charge is -2.10. The minimum Gasteiger partial charge on any atom is -0.326 e. The summed E-state index contributed by atoms with van der Waals surface area (Å²) in [6.45, 7) is 0.691. The summed E-state index contributed by atoms with van der Waals surface area (Å²) < 4.78 is 1.77. The van der Waals surface area contributed by atoms with E-state index in [-0.39, 0.29) is 11.8 Å². The van der Waals surface area contributed by atoms with E-state index < -0.39 is 0 Å². The van der Waals surface area contributed by atoms with Crippen LogP contribution in [0.5, 0.6) is 0 Å². The monoisotopic (exact) mass is 270 g/mol. The summed E-state index contributed by atoms with van der Waals surface area (Å²) in [4.78, 5) is 15.9. The van der Waals surface area contributed by atoms with Gasteiger partial charge >= 0.3 is 0 Å². The van der Waals surface area contributed by atoms with Crippen LogP contribution in [0.3, 0.4) is 0 Å². The summed E-state index contributed by atoms with van der Waals surface area (Å²) in [6, 6.07) is 7.90. The molecule has 1 saturated carbocycles. The Bertz CT molecular complexity index is 556. The summed E-state index contributed by atoms with van der Waals surface area (Å²) in [5.41, 5.74) is 2.00. The zero-order valence-electron chi connectivity index (χ0n) is 11.3. The molecule has 1 N–H and O–H groups in total. The number of anilines is 1. The van der Waals surface area contributed by atoms with Gasteiger partial charge in [0.1, 0.15) is 12.7 Å². The van der Waals surface area contributed by atoms with E-state index in [1.807, 2.05) is 24.3 Å². The highest BCUT2D eigenvalue weighted by atomic mass is 16.1. The third-order valence-electron chi connectivity index (χ3n) is 3.76. The Labute approximate surface area is 118 Å². The zero-order valence-corrected chi connectivity index (χ0v) is 11.3. The lowest BCUT2D eigenvalue weighted by molar-refractivity contribution is -0.119. The average molecular weight is 270 g/mol. The van der Waals surface area contributed by atoms with Crippen molar-refractivity contribution >= 4 is 11.6 Å². The van der Waals surface area contributed by atoms with Gasteiger partial charge in [0.25, 0.3) is 0 Å². The number of nitrogens with zero attached hydrogens (tertiary/aromatic N) is 3. The van der Waals surface area contributed by atoms with Crippen molar-refractivity contribution in [2.45, 2.75) is 32.2 Å². The largest absolute Gasteiger partial charge is 0.326 e. The second-order valence-electron chi connectivity index (χ2n) is 5.26. The SMILES string of the molecule is O=C(Nc1ccc(Cn2cncn2)cc1)C1CCCC1. The molecule has 2 aromatic rings. The van der Waals surface area contributed by atoms with E-state index in [2.05, 4.69) is 15.4 Å². The number of hydrogen-bond acceptors (Lipinski definition) is 3. The normalized spacial score (nSPS) is 15.4. The summed E-state index contributed by atoms with van der Waals surface area (Å²) >= 11 is 0. The summed E-state index contributed by atoms with van der Waals surface area (Å²) in [6.07, 6.45) is 7.61. The van der Waals surface area contributed by atoms with E-state index >= 15 is 0 Å². The number of carbonyl (C=O) groups excluding carboxylic acids is 1. The Morgan fingerprint density at radius 2 is 2.00 bits per heavy atom. The van der Waals surface area contributed by atoms with Gasteiger partial charge in [0.05, 0.1) is 6.54 Å². The lowest BCUT2D eigenvalue weighted by Crippen LogP contribution is -2.20. The van der Waals surface area contributed by atoms with Crippen LogP contribution in [0.15, 0.2) is 36.9 Å². The van der Waals surface area contributed by atoms with Gasteiger partial charge in [-0.3, -0.25) is 4.79 Å². The number of carbonyl (C=O) groups is 1. The number of aromatic nitrogens is 3. The molecule has 0 saturated heterocycles. The maximum atomic E-state index is 12.0. The third-order valence-corrected chi connectivity index (χ3v) is 3.76. The first-order valence-corrected chi connectivity index (χ1v) is 7.03. The predicted molar refractivity (Wildman–Crippen MR) is 76.2 cm³/mol. The highest BCUT2D eigenvalue weighted by molar-refractivity contribution is 5.92. The minimum absolute atomic E-state index is 0.159. The first-order chi connectivity index (χ1) is 9.81. The Hall–Kier alpha value is -2.17. The van der Waals surface area contributed by atoms with Crippen LogP contribution in [0.25, 0.3) is 0 Å². The van der Waals surface area contributed by atoms with Crippen molar-refractivity contribution in [2.75, 3.05) is 5.32 Å². The quantitative estimate of drug-likeness (QED) is 0.928. The van der Waals surface area contributed by atoms with E-state index in [0.717, 1.165) is 24.1 Å². The Morgan fingerprint density at radius 3 is 2.65 bits per heavy atom. The number of rotatable bonds is 4. The average Bonchev–Trinajstić information content (AvgIpc) is 3.13. The van der Waals surface area contributed by atoms with Gasteiger partial charge in [0.2, 0.25) is 5.91 Å². The van der Waals surface area contributed by atoms with Crippen molar-refractivity contribution in [2.24, 2.45) is 5.92 Å². The van der Waals surface area contributed by atoms with Gasteiger partial charge in [-0.1, -0.05) is 25.0 Å². The molecule has 3 rings (SSSR count). The molecule has 1 aromatic carbocycles. The molecule has 1 aliphatic rings. The molecule has 0 spiro atoms. The fourth-order valence-electron chi connectivity index (χ4n) is 2.63. The van der Waals surface area contributed by atoms with Crippen molar-refractivity contribution < 1.29 is 4.79 Å². The molecule has 0 aliphatic heterocycles. The molecule has 104 valence electrons. The van der Waals surface area contributed by atoms with Crippen LogP contribution >= 0.6 is 0 Å². The first kappa shape index (κ1) is 12.8. The molecule has 0 bridgehead atoms. The topological polar surface area (TPSA) is 59.8 Å². The summed E-state index contributed by atoms with van der Waals surface area (Å²) in [7, 11) is 0. The Balaban J connectivity index is 1.59. The molecule has 1 amide bonds. The number of nitrogens with one attached hydrogen (secondary N) is 1. The van der Waals surface area contributed by atoms with Crippen molar-refractivity contribution in [3.05, 3.63) is 42.5 Å². The third kappa shape index (κ3) is 3.04. The Kier molecular flexibility index (Phi) is 3.76. The minimum atomic E-state index is 0.159. The van der Waals surface area contributed by atoms with Crippen LogP contribution in [0, 0.1) is 5.92 Å². The van der Waals surface area contributed by atoms with Crippen molar-refractivity contribution in [3.63, 3.8) is 0 Å². The van der Waals surface area contributed by atoms with Crippen molar-refractivity contribution in [1.82, 2.24) is 14.8 Å². The van der Waals surface area contributed by atoms with Crippen LogP contribution in [0.1, 0.15) is 31.2 Å².